The molecule has 0 saturated heterocycles. The smallest absolute Gasteiger partial charge is 0.227 e. The Morgan fingerprint density at radius 3 is 2.68 bits per heavy atom. The van der Waals surface area contributed by atoms with Gasteiger partial charge < -0.3 is 24.7 Å². The van der Waals surface area contributed by atoms with Crippen LogP contribution in [0.5, 0.6) is 11.5 Å². The minimum absolute atomic E-state index is 0.0208. The highest BCUT2D eigenvalue weighted by atomic mass is 32.1. The summed E-state index contributed by atoms with van der Waals surface area (Å²) in [7, 11) is 1.56. The topological polar surface area (TPSA) is 101 Å². The molecule has 0 aliphatic heterocycles. The molecule has 25 heavy (non-hydrogen) atoms. The number of rotatable bonds is 8. The van der Waals surface area contributed by atoms with Crippen molar-refractivity contribution in [1.82, 2.24) is 10.3 Å². The fraction of sp³-hybridized carbons (Fsp3) is 0.353. The van der Waals surface area contributed by atoms with Crippen LogP contribution in [-0.4, -0.2) is 30.6 Å². The van der Waals surface area contributed by atoms with E-state index in [1.807, 2.05) is 13.0 Å². The largest absolute Gasteiger partial charge is 0.544 e. The van der Waals surface area contributed by atoms with Crippen molar-refractivity contribution < 1.29 is 24.2 Å². The van der Waals surface area contributed by atoms with Crippen LogP contribution in [0.3, 0.4) is 0 Å². The molecule has 1 N–H and O–H groups in total. The quantitative estimate of drug-likeness (QED) is 0.753. The molecule has 0 fully saturated rings. The van der Waals surface area contributed by atoms with Gasteiger partial charge >= 0.3 is 0 Å². The highest BCUT2D eigenvalue weighted by molar-refractivity contribution is 7.13. The lowest BCUT2D eigenvalue weighted by atomic mass is 10.2. The molecule has 1 aromatic carbocycles. The van der Waals surface area contributed by atoms with Gasteiger partial charge in [0.05, 0.1) is 36.7 Å². The van der Waals surface area contributed by atoms with Crippen LogP contribution >= 0.6 is 11.3 Å². The second-order valence-electron chi connectivity index (χ2n) is 5.18. The van der Waals surface area contributed by atoms with E-state index >= 15 is 0 Å². The van der Waals surface area contributed by atoms with Gasteiger partial charge in [-0.15, -0.1) is 11.3 Å². The molecule has 0 bridgehead atoms. The molecule has 134 valence electrons. The first kappa shape index (κ1) is 18.7. The number of hydrogen-bond acceptors (Lipinski definition) is 7. The predicted octanol–water partition coefficient (Wildman–Crippen LogP) is 1.08. The van der Waals surface area contributed by atoms with Crippen LogP contribution in [0.1, 0.15) is 32.9 Å². The number of hydrogen-bond donors (Lipinski definition) is 1. The van der Waals surface area contributed by atoms with Crippen LogP contribution in [0, 0.1) is 6.92 Å². The van der Waals surface area contributed by atoms with Crippen molar-refractivity contribution >= 4 is 23.2 Å². The Kier molecular flexibility index (Phi) is 6.35. The molecule has 0 saturated carbocycles. The van der Waals surface area contributed by atoms with E-state index in [4.69, 9.17) is 9.47 Å². The maximum Gasteiger partial charge on any atom is 0.227 e. The average Bonchev–Trinajstić information content (AvgIpc) is 2.94. The van der Waals surface area contributed by atoms with Gasteiger partial charge in [0.25, 0.3) is 0 Å². The van der Waals surface area contributed by atoms with E-state index in [-0.39, 0.29) is 17.2 Å². The van der Waals surface area contributed by atoms with E-state index in [1.165, 1.54) is 0 Å². The third-order valence-corrected chi connectivity index (χ3v) is 4.49. The summed E-state index contributed by atoms with van der Waals surface area (Å²) in [5.41, 5.74) is 1.23. The summed E-state index contributed by atoms with van der Waals surface area (Å²) < 4.78 is 10.7. The zero-order chi connectivity index (χ0) is 18.4. The van der Waals surface area contributed by atoms with Crippen molar-refractivity contribution in [2.75, 3.05) is 13.7 Å². The lowest BCUT2D eigenvalue weighted by Crippen LogP contribution is -2.24. The van der Waals surface area contributed by atoms with Crippen LogP contribution in [0.15, 0.2) is 18.2 Å². The number of aromatic carboxylic acids is 1. The summed E-state index contributed by atoms with van der Waals surface area (Å²) in [6, 6.07) is 5.43. The number of carboxylic acids is 1. The minimum atomic E-state index is -1.27. The number of carbonyl (C=O) groups is 2. The standard InChI is InChI=1S/C17H20N2O5S/c1-4-24-12-6-5-11(7-13(12)23-3)9-18-14(20)8-15-19-10(2)16(25-15)17(21)22/h5-7H,4,8-9H2,1-3H3,(H,18,20)(H,21,22)/p-1. The van der Waals surface area contributed by atoms with Crippen molar-refractivity contribution in [3.63, 3.8) is 0 Å². The van der Waals surface area contributed by atoms with Crippen molar-refractivity contribution in [1.29, 1.82) is 0 Å². The fourth-order valence-electron chi connectivity index (χ4n) is 2.21. The number of benzene rings is 1. The van der Waals surface area contributed by atoms with Crippen molar-refractivity contribution in [2.24, 2.45) is 0 Å². The fourth-order valence-corrected chi connectivity index (χ4v) is 3.11. The molecule has 0 spiro atoms. The Bertz CT molecular complexity index is 772. The molecule has 2 aromatic rings. The second kappa shape index (κ2) is 8.48. The molecule has 0 aliphatic rings. The van der Waals surface area contributed by atoms with E-state index < -0.39 is 5.97 Å². The number of carbonyl (C=O) groups excluding carboxylic acids is 2. The van der Waals surface area contributed by atoms with Gasteiger partial charge in [0.1, 0.15) is 5.01 Å². The SMILES string of the molecule is CCOc1ccc(CNC(=O)Cc2nc(C)c(C(=O)[O-])s2)cc1OC. The molecular weight excluding hydrogens is 344 g/mol. The Balaban J connectivity index is 1.95. The zero-order valence-electron chi connectivity index (χ0n) is 14.3. The molecule has 1 aromatic heterocycles. The van der Waals surface area contributed by atoms with Crippen molar-refractivity contribution in [3.05, 3.63) is 39.3 Å². The monoisotopic (exact) mass is 363 g/mol. The summed E-state index contributed by atoms with van der Waals surface area (Å²) in [5, 5.41) is 14.1. The van der Waals surface area contributed by atoms with Gasteiger partial charge in [0, 0.05) is 6.54 Å². The third kappa shape index (κ3) is 4.93. The van der Waals surface area contributed by atoms with Gasteiger partial charge in [0.15, 0.2) is 11.5 Å². The highest BCUT2D eigenvalue weighted by Gasteiger charge is 2.12. The summed E-state index contributed by atoms with van der Waals surface area (Å²) in [4.78, 5) is 27.1. The molecule has 1 amide bonds. The van der Waals surface area contributed by atoms with E-state index in [1.54, 1.807) is 26.2 Å². The van der Waals surface area contributed by atoms with E-state index in [2.05, 4.69) is 10.3 Å². The van der Waals surface area contributed by atoms with Crippen LogP contribution in [0.4, 0.5) is 0 Å². The number of aromatic nitrogens is 1. The third-order valence-electron chi connectivity index (χ3n) is 3.36. The van der Waals surface area contributed by atoms with Crippen LogP contribution in [0.2, 0.25) is 0 Å². The van der Waals surface area contributed by atoms with E-state index in [0.717, 1.165) is 16.9 Å². The summed E-state index contributed by atoms with van der Waals surface area (Å²) >= 11 is 0.961. The predicted molar refractivity (Wildman–Crippen MR) is 90.9 cm³/mol. The Hall–Kier alpha value is -2.61. The molecular formula is C17H19N2O5S-. The molecule has 7 nitrogen and oxygen atoms in total. The molecule has 2 rings (SSSR count). The maximum absolute atomic E-state index is 12.0. The lowest BCUT2D eigenvalue weighted by molar-refractivity contribution is -0.254. The molecule has 0 aliphatic carbocycles. The van der Waals surface area contributed by atoms with Gasteiger partial charge in [-0.1, -0.05) is 6.07 Å². The number of nitrogens with zero attached hydrogens (tertiary/aromatic N) is 1. The zero-order valence-corrected chi connectivity index (χ0v) is 15.1. The molecule has 0 atom stereocenters. The summed E-state index contributed by atoms with van der Waals surface area (Å²) in [5.74, 6) is -0.273. The van der Waals surface area contributed by atoms with E-state index in [9.17, 15) is 14.7 Å². The van der Waals surface area contributed by atoms with Gasteiger partial charge in [0.2, 0.25) is 5.91 Å². The first-order valence-electron chi connectivity index (χ1n) is 7.68. The number of ether oxygens (including phenoxy) is 2. The molecule has 8 heteroatoms. The summed E-state index contributed by atoms with van der Waals surface area (Å²) in [6.45, 7) is 4.32. The average molecular weight is 363 g/mol. The number of methoxy groups -OCH3 is 1. The van der Waals surface area contributed by atoms with Gasteiger partial charge in [-0.2, -0.15) is 0 Å². The molecule has 1 heterocycles. The van der Waals surface area contributed by atoms with Gasteiger partial charge in [-0.25, -0.2) is 4.98 Å². The number of carboxylic acid groups (broad SMARTS) is 1. The molecule has 0 radical (unpaired) electrons. The first-order valence-corrected chi connectivity index (χ1v) is 8.50. The Morgan fingerprint density at radius 2 is 2.08 bits per heavy atom. The first-order chi connectivity index (χ1) is 11.9. The number of thiazole rings is 1. The number of amides is 1. The van der Waals surface area contributed by atoms with Crippen LogP contribution in [-0.2, 0) is 17.8 Å². The highest BCUT2D eigenvalue weighted by Crippen LogP contribution is 2.28. The summed E-state index contributed by atoms with van der Waals surface area (Å²) in [6.07, 6.45) is 0.0208. The lowest BCUT2D eigenvalue weighted by Gasteiger charge is -2.11. The molecule has 0 unspecified atom stereocenters. The number of aryl methyl sites for hydroxylation is 1. The van der Waals surface area contributed by atoms with Crippen LogP contribution < -0.4 is 19.9 Å². The van der Waals surface area contributed by atoms with Gasteiger partial charge in [-0.05, 0) is 31.5 Å². The van der Waals surface area contributed by atoms with Crippen molar-refractivity contribution in [3.8, 4) is 11.5 Å². The Labute approximate surface area is 149 Å². The van der Waals surface area contributed by atoms with Gasteiger partial charge in [-0.3, -0.25) is 4.79 Å². The number of nitrogens with one attached hydrogen (secondary N) is 1. The maximum atomic E-state index is 12.0. The minimum Gasteiger partial charge on any atom is -0.544 e. The normalized spacial score (nSPS) is 10.4. The Morgan fingerprint density at radius 1 is 1.32 bits per heavy atom. The van der Waals surface area contributed by atoms with Crippen LogP contribution in [0.25, 0.3) is 0 Å². The van der Waals surface area contributed by atoms with Crippen molar-refractivity contribution in [2.45, 2.75) is 26.8 Å². The van der Waals surface area contributed by atoms with E-state index in [0.29, 0.717) is 35.4 Å². The second-order valence-corrected chi connectivity index (χ2v) is 6.26.